The summed E-state index contributed by atoms with van der Waals surface area (Å²) in [6.07, 6.45) is 0.500. The summed E-state index contributed by atoms with van der Waals surface area (Å²) in [7, 11) is 0. The van der Waals surface area contributed by atoms with E-state index in [9.17, 15) is 9.59 Å². The van der Waals surface area contributed by atoms with Gasteiger partial charge in [-0.25, -0.2) is 9.78 Å². The van der Waals surface area contributed by atoms with Crippen LogP contribution in [-0.4, -0.2) is 29.6 Å². The summed E-state index contributed by atoms with van der Waals surface area (Å²) in [5.41, 5.74) is 0.347. The van der Waals surface area contributed by atoms with E-state index in [0.29, 0.717) is 11.4 Å². The highest BCUT2D eigenvalue weighted by molar-refractivity contribution is 6.32. The maximum absolute atomic E-state index is 12.1. The minimum absolute atomic E-state index is 0.156. The molecule has 0 bridgehead atoms. The van der Waals surface area contributed by atoms with Gasteiger partial charge in [-0.15, -0.1) is 0 Å². The molecule has 0 saturated carbocycles. The zero-order valence-electron chi connectivity index (χ0n) is 14.5. The summed E-state index contributed by atoms with van der Waals surface area (Å²) in [6.45, 7) is 1.16. The average molecular weight is 385 g/mol. The Morgan fingerprint density at radius 2 is 1.89 bits per heavy atom. The summed E-state index contributed by atoms with van der Waals surface area (Å²) in [6, 6.07) is 16.6. The number of esters is 1. The number of benzene rings is 2. The Morgan fingerprint density at radius 1 is 1.11 bits per heavy atom. The van der Waals surface area contributed by atoms with Crippen molar-refractivity contribution in [3.63, 3.8) is 0 Å². The number of carbonyl (C=O) groups is 2. The van der Waals surface area contributed by atoms with Crippen molar-refractivity contribution in [2.45, 2.75) is 13.0 Å². The van der Waals surface area contributed by atoms with Crippen LogP contribution in [0.5, 0.6) is 5.75 Å². The molecule has 1 heterocycles. The third kappa shape index (κ3) is 4.95. The van der Waals surface area contributed by atoms with Crippen LogP contribution < -0.4 is 10.1 Å². The molecule has 1 aromatic heterocycles. The number of nitrogens with zero attached hydrogens (tertiary/aromatic N) is 1. The van der Waals surface area contributed by atoms with Gasteiger partial charge in [-0.2, -0.15) is 0 Å². The van der Waals surface area contributed by atoms with Crippen molar-refractivity contribution >= 4 is 39.9 Å². The highest BCUT2D eigenvalue weighted by Crippen LogP contribution is 2.21. The SMILES string of the molecule is CC(OC(=O)COc1ccc2ccccc2c1)C(=O)Nc1cccnc1Cl. The Labute approximate surface area is 161 Å². The second-order valence-corrected chi connectivity index (χ2v) is 6.12. The van der Waals surface area contributed by atoms with Gasteiger partial charge in [0.1, 0.15) is 5.75 Å². The van der Waals surface area contributed by atoms with Gasteiger partial charge in [0.2, 0.25) is 0 Å². The van der Waals surface area contributed by atoms with Gasteiger partial charge in [-0.05, 0) is 42.0 Å². The van der Waals surface area contributed by atoms with E-state index in [1.807, 2.05) is 36.4 Å². The molecule has 0 aliphatic heterocycles. The number of halogens is 1. The van der Waals surface area contributed by atoms with Crippen LogP contribution in [0.4, 0.5) is 5.69 Å². The first-order valence-corrected chi connectivity index (χ1v) is 8.63. The van der Waals surface area contributed by atoms with E-state index in [1.54, 1.807) is 18.2 Å². The number of amides is 1. The molecule has 1 amide bonds. The fourth-order valence-corrected chi connectivity index (χ4v) is 2.56. The van der Waals surface area contributed by atoms with E-state index in [0.717, 1.165) is 10.8 Å². The van der Waals surface area contributed by atoms with E-state index < -0.39 is 18.0 Å². The topological polar surface area (TPSA) is 77.5 Å². The molecule has 0 spiro atoms. The van der Waals surface area contributed by atoms with Crippen molar-refractivity contribution in [1.82, 2.24) is 4.98 Å². The second kappa shape index (κ2) is 8.51. The molecule has 6 nitrogen and oxygen atoms in total. The van der Waals surface area contributed by atoms with Gasteiger partial charge in [-0.3, -0.25) is 4.79 Å². The van der Waals surface area contributed by atoms with Gasteiger partial charge in [0.15, 0.2) is 17.9 Å². The molecule has 0 saturated heterocycles. The van der Waals surface area contributed by atoms with E-state index in [2.05, 4.69) is 10.3 Å². The molecule has 1 unspecified atom stereocenters. The quantitative estimate of drug-likeness (QED) is 0.516. The third-order valence-corrected chi connectivity index (χ3v) is 4.07. The summed E-state index contributed by atoms with van der Waals surface area (Å²) >= 11 is 5.88. The van der Waals surface area contributed by atoms with Gasteiger partial charge in [0.25, 0.3) is 5.91 Å². The Hall–Kier alpha value is -3.12. The Kier molecular flexibility index (Phi) is 5.88. The van der Waals surface area contributed by atoms with Gasteiger partial charge in [0, 0.05) is 6.20 Å². The van der Waals surface area contributed by atoms with E-state index in [1.165, 1.54) is 13.1 Å². The number of pyridine rings is 1. The number of nitrogens with one attached hydrogen (secondary N) is 1. The molecule has 0 aliphatic carbocycles. The number of anilines is 1. The molecule has 0 aliphatic rings. The number of carbonyl (C=O) groups excluding carboxylic acids is 2. The monoisotopic (exact) mass is 384 g/mol. The van der Waals surface area contributed by atoms with Gasteiger partial charge in [0.05, 0.1) is 5.69 Å². The lowest BCUT2D eigenvalue weighted by Crippen LogP contribution is -2.31. The fraction of sp³-hybridized carbons (Fsp3) is 0.150. The average Bonchev–Trinajstić information content (AvgIpc) is 2.68. The molecule has 0 fully saturated rings. The second-order valence-electron chi connectivity index (χ2n) is 5.76. The van der Waals surface area contributed by atoms with Crippen molar-refractivity contribution in [3.05, 3.63) is 65.9 Å². The van der Waals surface area contributed by atoms with Crippen LogP contribution in [0.15, 0.2) is 60.8 Å². The Morgan fingerprint density at radius 3 is 2.67 bits per heavy atom. The maximum atomic E-state index is 12.1. The van der Waals surface area contributed by atoms with Crippen LogP contribution in [0.2, 0.25) is 5.15 Å². The van der Waals surface area contributed by atoms with Gasteiger partial charge >= 0.3 is 5.97 Å². The van der Waals surface area contributed by atoms with E-state index >= 15 is 0 Å². The summed E-state index contributed by atoms with van der Waals surface area (Å²) < 4.78 is 10.6. The smallest absolute Gasteiger partial charge is 0.344 e. The molecule has 7 heteroatoms. The maximum Gasteiger partial charge on any atom is 0.344 e. The third-order valence-electron chi connectivity index (χ3n) is 3.77. The molecule has 2 aromatic carbocycles. The van der Waals surface area contributed by atoms with Gasteiger partial charge < -0.3 is 14.8 Å². The lowest BCUT2D eigenvalue weighted by Gasteiger charge is -2.14. The van der Waals surface area contributed by atoms with Crippen LogP contribution in [0, 0.1) is 0 Å². The Bertz CT molecular complexity index is 977. The standard InChI is InChI=1S/C20H17ClN2O4/c1-13(20(25)23-17-7-4-10-22-19(17)21)27-18(24)12-26-16-9-8-14-5-2-3-6-15(14)11-16/h2-11,13H,12H2,1H3,(H,23,25). The van der Waals surface area contributed by atoms with Crippen molar-refractivity contribution in [2.24, 2.45) is 0 Å². The normalized spacial score (nSPS) is 11.6. The predicted octanol–water partition coefficient (Wildman–Crippen LogP) is 3.84. The van der Waals surface area contributed by atoms with Crippen molar-refractivity contribution in [3.8, 4) is 5.75 Å². The molecule has 3 rings (SSSR count). The molecular weight excluding hydrogens is 368 g/mol. The zero-order chi connectivity index (χ0) is 19.2. The molecule has 3 aromatic rings. The van der Waals surface area contributed by atoms with Crippen LogP contribution in [-0.2, 0) is 14.3 Å². The number of rotatable bonds is 6. The predicted molar refractivity (Wildman–Crippen MR) is 103 cm³/mol. The number of hydrogen-bond donors (Lipinski definition) is 1. The number of fused-ring (bicyclic) bond motifs is 1. The molecule has 1 N–H and O–H groups in total. The first-order valence-electron chi connectivity index (χ1n) is 8.25. The fourth-order valence-electron chi connectivity index (χ4n) is 2.40. The number of aromatic nitrogens is 1. The lowest BCUT2D eigenvalue weighted by molar-refractivity contribution is -0.155. The lowest BCUT2D eigenvalue weighted by atomic mass is 10.1. The Balaban J connectivity index is 1.52. The van der Waals surface area contributed by atoms with E-state index in [-0.39, 0.29) is 11.8 Å². The van der Waals surface area contributed by atoms with Crippen LogP contribution in [0.25, 0.3) is 10.8 Å². The molecule has 0 radical (unpaired) electrons. The minimum Gasteiger partial charge on any atom is -0.482 e. The van der Waals surface area contributed by atoms with Crippen molar-refractivity contribution < 1.29 is 19.1 Å². The first kappa shape index (κ1) is 18.7. The zero-order valence-corrected chi connectivity index (χ0v) is 15.3. The van der Waals surface area contributed by atoms with E-state index in [4.69, 9.17) is 21.1 Å². The molecule has 27 heavy (non-hydrogen) atoms. The number of ether oxygens (including phenoxy) is 2. The molecule has 138 valence electrons. The van der Waals surface area contributed by atoms with Crippen LogP contribution in [0.3, 0.4) is 0 Å². The summed E-state index contributed by atoms with van der Waals surface area (Å²) in [5, 5.41) is 4.79. The van der Waals surface area contributed by atoms with Crippen LogP contribution >= 0.6 is 11.6 Å². The van der Waals surface area contributed by atoms with Crippen LogP contribution in [0.1, 0.15) is 6.92 Å². The molecule has 1 atom stereocenters. The van der Waals surface area contributed by atoms with Crippen molar-refractivity contribution in [1.29, 1.82) is 0 Å². The first-order chi connectivity index (χ1) is 13.0. The van der Waals surface area contributed by atoms with Gasteiger partial charge in [-0.1, -0.05) is 41.9 Å². The highest BCUT2D eigenvalue weighted by atomic mass is 35.5. The molecular formula is C20H17ClN2O4. The number of hydrogen-bond acceptors (Lipinski definition) is 5. The van der Waals surface area contributed by atoms with Crippen molar-refractivity contribution in [2.75, 3.05) is 11.9 Å². The summed E-state index contributed by atoms with van der Waals surface area (Å²) in [4.78, 5) is 27.9. The largest absolute Gasteiger partial charge is 0.482 e. The highest BCUT2D eigenvalue weighted by Gasteiger charge is 2.19. The minimum atomic E-state index is -1.01. The summed E-state index contributed by atoms with van der Waals surface area (Å²) in [5.74, 6) is -0.614.